The molecule has 2 aromatic rings. The van der Waals surface area contributed by atoms with Crippen molar-refractivity contribution in [3.63, 3.8) is 0 Å². The topological polar surface area (TPSA) is 24.9 Å². The molecule has 0 spiro atoms. The fourth-order valence-electron chi connectivity index (χ4n) is 2.81. The first kappa shape index (κ1) is 13.3. The molecule has 3 rings (SSSR count). The van der Waals surface area contributed by atoms with Crippen LogP contribution >= 0.6 is 0 Å². The lowest BCUT2D eigenvalue weighted by molar-refractivity contribution is 0.496. The number of nitrogens with zero attached hydrogens (tertiary/aromatic N) is 1. The Morgan fingerprint density at radius 3 is 2.30 bits per heavy atom. The summed E-state index contributed by atoms with van der Waals surface area (Å²) >= 11 is 0. The van der Waals surface area contributed by atoms with Crippen LogP contribution < -0.4 is 5.32 Å². The molecule has 104 valence electrons. The average molecular weight is 266 g/mol. The molecule has 2 heteroatoms. The molecule has 2 nitrogen and oxygen atoms in total. The molecule has 2 atom stereocenters. The number of hydrogen-bond donors (Lipinski definition) is 1. The smallest absolute Gasteiger partial charge is 0.0577 e. The van der Waals surface area contributed by atoms with Crippen molar-refractivity contribution in [2.45, 2.75) is 26.3 Å². The van der Waals surface area contributed by atoms with E-state index in [2.05, 4.69) is 66.6 Å². The first-order chi connectivity index (χ1) is 9.67. The van der Waals surface area contributed by atoms with Gasteiger partial charge in [0, 0.05) is 12.4 Å². The van der Waals surface area contributed by atoms with Crippen molar-refractivity contribution in [2.24, 2.45) is 11.3 Å². The standard InChI is InChI=1S/C18H22N2/c1-18(2)12-16(18)13-20-17(14-6-4-3-5-7-14)15-8-10-19-11-9-15/h3-11,16-17,20H,12-13H2,1-2H3. The molecule has 0 bridgehead atoms. The number of pyridine rings is 1. The van der Waals surface area contributed by atoms with Crippen LogP contribution in [-0.4, -0.2) is 11.5 Å². The molecule has 1 heterocycles. The molecule has 0 saturated heterocycles. The lowest BCUT2D eigenvalue weighted by atomic mass is 9.99. The molecule has 1 fully saturated rings. The Balaban J connectivity index is 1.78. The summed E-state index contributed by atoms with van der Waals surface area (Å²) in [5, 5.41) is 3.74. The molecule has 1 aromatic carbocycles. The molecule has 1 N–H and O–H groups in total. The van der Waals surface area contributed by atoms with Gasteiger partial charge in [0.15, 0.2) is 0 Å². The van der Waals surface area contributed by atoms with E-state index in [4.69, 9.17) is 0 Å². The fourth-order valence-corrected chi connectivity index (χ4v) is 2.81. The van der Waals surface area contributed by atoms with Gasteiger partial charge in [-0.25, -0.2) is 0 Å². The van der Waals surface area contributed by atoms with E-state index in [1.807, 2.05) is 12.4 Å². The molecule has 2 unspecified atom stereocenters. The highest BCUT2D eigenvalue weighted by Gasteiger charge is 2.45. The van der Waals surface area contributed by atoms with Gasteiger partial charge in [-0.1, -0.05) is 44.2 Å². The summed E-state index contributed by atoms with van der Waals surface area (Å²) in [6.45, 7) is 5.78. The molecule has 1 aromatic heterocycles. The van der Waals surface area contributed by atoms with E-state index in [-0.39, 0.29) is 6.04 Å². The van der Waals surface area contributed by atoms with Gasteiger partial charge in [0.1, 0.15) is 0 Å². The van der Waals surface area contributed by atoms with Gasteiger partial charge in [0.25, 0.3) is 0 Å². The summed E-state index contributed by atoms with van der Waals surface area (Å²) in [7, 11) is 0. The van der Waals surface area contributed by atoms with Crippen molar-refractivity contribution < 1.29 is 0 Å². The minimum atomic E-state index is 0.260. The van der Waals surface area contributed by atoms with Crippen LogP contribution in [0.1, 0.15) is 37.4 Å². The SMILES string of the molecule is CC1(C)CC1CNC(c1ccccc1)c1ccncc1. The van der Waals surface area contributed by atoms with Gasteiger partial charge in [-0.15, -0.1) is 0 Å². The average Bonchev–Trinajstić information content (AvgIpc) is 3.09. The van der Waals surface area contributed by atoms with Gasteiger partial charge in [0.2, 0.25) is 0 Å². The van der Waals surface area contributed by atoms with Crippen LogP contribution in [0.5, 0.6) is 0 Å². The minimum absolute atomic E-state index is 0.260. The van der Waals surface area contributed by atoms with Gasteiger partial charge >= 0.3 is 0 Å². The van der Waals surface area contributed by atoms with Crippen LogP contribution in [0.4, 0.5) is 0 Å². The van der Waals surface area contributed by atoms with Crippen molar-refractivity contribution in [1.29, 1.82) is 0 Å². The quantitative estimate of drug-likeness (QED) is 0.890. The van der Waals surface area contributed by atoms with Crippen LogP contribution in [0, 0.1) is 11.3 Å². The largest absolute Gasteiger partial charge is 0.306 e. The van der Waals surface area contributed by atoms with E-state index in [1.54, 1.807) is 0 Å². The zero-order chi connectivity index (χ0) is 14.0. The van der Waals surface area contributed by atoms with Gasteiger partial charge in [0.05, 0.1) is 6.04 Å². The monoisotopic (exact) mass is 266 g/mol. The van der Waals surface area contributed by atoms with Crippen molar-refractivity contribution in [1.82, 2.24) is 10.3 Å². The predicted molar refractivity (Wildman–Crippen MR) is 82.4 cm³/mol. The first-order valence-corrected chi connectivity index (χ1v) is 7.35. The second-order valence-corrected chi connectivity index (χ2v) is 6.42. The maximum atomic E-state index is 4.12. The van der Waals surface area contributed by atoms with Crippen LogP contribution in [0.25, 0.3) is 0 Å². The van der Waals surface area contributed by atoms with E-state index in [9.17, 15) is 0 Å². The van der Waals surface area contributed by atoms with Crippen molar-refractivity contribution in [2.75, 3.05) is 6.54 Å². The zero-order valence-electron chi connectivity index (χ0n) is 12.2. The van der Waals surface area contributed by atoms with E-state index < -0.39 is 0 Å². The highest BCUT2D eigenvalue weighted by atomic mass is 14.9. The Bertz CT molecular complexity index is 509. The number of nitrogens with one attached hydrogen (secondary N) is 1. The number of aromatic nitrogens is 1. The maximum Gasteiger partial charge on any atom is 0.0577 e. The Labute approximate surface area is 121 Å². The summed E-state index contributed by atoms with van der Waals surface area (Å²) in [6.07, 6.45) is 5.07. The molecule has 1 aliphatic carbocycles. The van der Waals surface area contributed by atoms with E-state index in [0.29, 0.717) is 5.41 Å². The summed E-state index contributed by atoms with van der Waals surface area (Å²) in [4.78, 5) is 4.12. The summed E-state index contributed by atoms with van der Waals surface area (Å²) in [6, 6.07) is 15.1. The predicted octanol–water partition coefficient (Wildman–Crippen LogP) is 3.81. The lowest BCUT2D eigenvalue weighted by Crippen LogP contribution is -2.25. The zero-order valence-corrected chi connectivity index (χ0v) is 12.2. The van der Waals surface area contributed by atoms with E-state index >= 15 is 0 Å². The summed E-state index contributed by atoms with van der Waals surface area (Å²) in [5.41, 5.74) is 3.12. The Hall–Kier alpha value is -1.67. The highest BCUT2D eigenvalue weighted by Crippen LogP contribution is 2.51. The van der Waals surface area contributed by atoms with Crippen molar-refractivity contribution >= 4 is 0 Å². The third-order valence-corrected chi connectivity index (χ3v) is 4.46. The second kappa shape index (κ2) is 5.37. The summed E-state index contributed by atoms with van der Waals surface area (Å²) < 4.78 is 0. The van der Waals surface area contributed by atoms with Gasteiger partial charge in [-0.05, 0) is 47.6 Å². The van der Waals surface area contributed by atoms with Crippen LogP contribution in [-0.2, 0) is 0 Å². The Morgan fingerprint density at radius 2 is 1.70 bits per heavy atom. The van der Waals surface area contributed by atoms with Crippen LogP contribution in [0.15, 0.2) is 54.9 Å². The van der Waals surface area contributed by atoms with Crippen LogP contribution in [0.2, 0.25) is 0 Å². The third-order valence-electron chi connectivity index (χ3n) is 4.46. The van der Waals surface area contributed by atoms with Crippen molar-refractivity contribution in [3.05, 3.63) is 66.0 Å². The molecule has 1 saturated carbocycles. The van der Waals surface area contributed by atoms with Crippen molar-refractivity contribution in [3.8, 4) is 0 Å². The third kappa shape index (κ3) is 2.91. The molecule has 1 aliphatic rings. The highest BCUT2D eigenvalue weighted by molar-refractivity contribution is 5.30. The molecule has 0 aliphatic heterocycles. The van der Waals surface area contributed by atoms with Gasteiger partial charge < -0.3 is 5.32 Å². The lowest BCUT2D eigenvalue weighted by Gasteiger charge is -2.20. The molecular weight excluding hydrogens is 244 g/mol. The second-order valence-electron chi connectivity index (χ2n) is 6.42. The molecular formula is C18H22N2. The minimum Gasteiger partial charge on any atom is -0.306 e. The fraction of sp³-hybridized carbons (Fsp3) is 0.389. The van der Waals surface area contributed by atoms with Crippen LogP contribution in [0.3, 0.4) is 0 Å². The Morgan fingerprint density at radius 1 is 1.10 bits per heavy atom. The number of benzene rings is 1. The van der Waals surface area contributed by atoms with Gasteiger partial charge in [-0.3, -0.25) is 4.98 Å². The van der Waals surface area contributed by atoms with E-state index in [1.165, 1.54) is 17.5 Å². The Kier molecular flexibility index (Phi) is 3.58. The number of hydrogen-bond acceptors (Lipinski definition) is 2. The normalized spacial score (nSPS) is 21.4. The molecule has 0 radical (unpaired) electrons. The summed E-state index contributed by atoms with van der Waals surface area (Å²) in [5.74, 6) is 0.801. The van der Waals surface area contributed by atoms with Gasteiger partial charge in [-0.2, -0.15) is 0 Å². The number of rotatable bonds is 5. The molecule has 20 heavy (non-hydrogen) atoms. The van der Waals surface area contributed by atoms with E-state index in [0.717, 1.165) is 12.5 Å². The first-order valence-electron chi connectivity index (χ1n) is 7.35. The molecule has 0 amide bonds. The maximum absolute atomic E-state index is 4.12.